The van der Waals surface area contributed by atoms with Crippen LogP contribution >= 0.6 is 32.9 Å². The Labute approximate surface area is 325 Å². The summed E-state index contributed by atoms with van der Waals surface area (Å²) in [7, 11) is 1.52. The molecule has 0 aliphatic rings. The molecule has 0 rings (SSSR count). The lowest BCUT2D eigenvalue weighted by Gasteiger charge is -2.30. The van der Waals surface area contributed by atoms with Crippen LogP contribution in [0.1, 0.15) is 181 Å². The monoisotopic (exact) mass is 782 g/mol. The van der Waals surface area contributed by atoms with Crippen molar-refractivity contribution in [1.82, 2.24) is 0 Å². The van der Waals surface area contributed by atoms with E-state index in [1.165, 1.54) is 116 Å². The van der Waals surface area contributed by atoms with Gasteiger partial charge in [-0.3, -0.25) is 9.59 Å². The first-order valence-corrected chi connectivity index (χ1v) is 23.6. The topological polar surface area (TPSA) is 102 Å². The van der Waals surface area contributed by atoms with Crippen LogP contribution in [-0.4, -0.2) is 80.1 Å². The highest BCUT2D eigenvalue weighted by Gasteiger charge is 2.26. The van der Waals surface area contributed by atoms with Crippen molar-refractivity contribution in [2.75, 3.05) is 47.1 Å². The molecule has 4 atom stereocenters. The van der Waals surface area contributed by atoms with Crippen LogP contribution in [0.2, 0.25) is 0 Å². The Hall–Kier alpha value is -0.250. The highest BCUT2D eigenvalue weighted by molar-refractivity contribution is 7.82. The van der Waals surface area contributed by atoms with Gasteiger partial charge < -0.3 is 27.9 Å². The first-order valence-electron chi connectivity index (χ1n) is 20.8. The summed E-state index contributed by atoms with van der Waals surface area (Å²) in [5.74, 6) is -1.06. The highest BCUT2D eigenvalue weighted by Crippen LogP contribution is 2.37. The number of nitrogens with zero attached hydrogens (tertiary/aromatic N) is 1. The van der Waals surface area contributed by atoms with Gasteiger partial charge in [0, 0.05) is 0 Å². The van der Waals surface area contributed by atoms with E-state index in [1.807, 2.05) is 21.1 Å². The average molecular weight is 782 g/mol. The van der Waals surface area contributed by atoms with Crippen molar-refractivity contribution in [2.24, 2.45) is 0 Å². The van der Waals surface area contributed by atoms with E-state index < -0.39 is 42.7 Å². The second-order valence-corrected chi connectivity index (χ2v) is 18.9. The van der Waals surface area contributed by atoms with E-state index in [9.17, 15) is 19.0 Å². The number of unbranched alkanes of at least 4 members (excludes halogenated alkanes) is 22. The number of hydrogen-bond acceptors (Lipinski definition) is 9. The SMILES string of the molecule is CCCCCCCCCCCCCCC(S)C(=O)OCC(COP(=O)([O-])CC[N+](C)(C)C)OC(=O)C(S)CCCCCCCCCCCCCC. The molecule has 0 bridgehead atoms. The van der Waals surface area contributed by atoms with Gasteiger partial charge in [-0.15, -0.1) is 0 Å². The number of carbonyl (C=O) groups is 2. The predicted molar refractivity (Wildman–Crippen MR) is 219 cm³/mol. The maximum Gasteiger partial charge on any atom is 0.319 e. The largest absolute Gasteiger partial charge is 0.778 e. The van der Waals surface area contributed by atoms with E-state index in [4.69, 9.17) is 14.0 Å². The maximum absolute atomic E-state index is 12.9. The fraction of sp³-hybridized carbons (Fsp3) is 0.950. The molecule has 0 fully saturated rings. The molecule has 11 heteroatoms. The predicted octanol–water partition coefficient (Wildman–Crippen LogP) is 10.5. The zero-order valence-corrected chi connectivity index (χ0v) is 36.3. The van der Waals surface area contributed by atoms with Gasteiger partial charge in [0.1, 0.15) is 14.2 Å². The number of quaternary nitrogens is 1. The Balaban J connectivity index is 4.59. The Morgan fingerprint density at radius 3 is 1.31 bits per heavy atom. The van der Waals surface area contributed by atoms with Gasteiger partial charge in [0.2, 0.25) is 0 Å². The standard InChI is InChI=1S/C40H80NO7PS2/c1-6-8-10-12-14-16-18-20-22-24-26-28-30-37(50)39(42)46-34-36(35-47-49(44,45)33-32-41(3,4)5)48-40(43)38(51)31-29-27-25-23-21-19-17-15-13-11-9-7-2/h36-38H,6-35H2,1-5H3,(H2-,44,45,50,51). The van der Waals surface area contributed by atoms with Gasteiger partial charge in [-0.05, 0) is 12.8 Å². The van der Waals surface area contributed by atoms with E-state index >= 15 is 0 Å². The smallest absolute Gasteiger partial charge is 0.319 e. The molecule has 0 saturated heterocycles. The van der Waals surface area contributed by atoms with Gasteiger partial charge in [-0.2, -0.15) is 25.3 Å². The molecule has 0 aromatic carbocycles. The first-order chi connectivity index (χ1) is 24.3. The van der Waals surface area contributed by atoms with Gasteiger partial charge >= 0.3 is 11.9 Å². The number of ether oxygens (including phenoxy) is 2. The van der Waals surface area contributed by atoms with Gasteiger partial charge in [0.05, 0.1) is 51.0 Å². The van der Waals surface area contributed by atoms with E-state index in [1.54, 1.807) is 0 Å². The summed E-state index contributed by atoms with van der Waals surface area (Å²) in [6.45, 7) is 4.16. The maximum atomic E-state index is 12.9. The van der Waals surface area contributed by atoms with Crippen LogP contribution in [0, 0.1) is 0 Å². The lowest BCUT2D eigenvalue weighted by Crippen LogP contribution is -2.38. The van der Waals surface area contributed by atoms with Crippen LogP contribution in [0.25, 0.3) is 0 Å². The molecular formula is C40H80NO7PS2. The Kier molecular flexibility index (Phi) is 33.0. The molecule has 0 aromatic rings. The molecule has 0 saturated carbocycles. The molecule has 0 N–H and O–H groups in total. The molecule has 0 radical (unpaired) electrons. The third kappa shape index (κ3) is 34.0. The van der Waals surface area contributed by atoms with Crippen molar-refractivity contribution in [2.45, 2.75) is 197 Å². The van der Waals surface area contributed by atoms with Crippen molar-refractivity contribution >= 4 is 44.8 Å². The number of esters is 2. The minimum atomic E-state index is -4.19. The van der Waals surface area contributed by atoms with Crippen molar-refractivity contribution in [3.8, 4) is 0 Å². The normalized spacial score (nSPS) is 14.9. The number of thiol groups is 2. The zero-order chi connectivity index (χ0) is 38.2. The molecule has 0 spiro atoms. The Morgan fingerprint density at radius 2 is 0.941 bits per heavy atom. The molecule has 0 aliphatic carbocycles. The van der Waals surface area contributed by atoms with Crippen LogP contribution in [0.4, 0.5) is 0 Å². The summed E-state index contributed by atoms with van der Waals surface area (Å²) < 4.78 is 29.4. The fourth-order valence-corrected chi connectivity index (χ4v) is 7.77. The van der Waals surface area contributed by atoms with Gasteiger partial charge in [0.25, 0.3) is 0 Å². The van der Waals surface area contributed by atoms with Crippen LogP contribution in [0.15, 0.2) is 0 Å². The summed E-state index contributed by atoms with van der Waals surface area (Å²) in [4.78, 5) is 38.3. The fourth-order valence-electron chi connectivity index (χ4n) is 5.91. The van der Waals surface area contributed by atoms with E-state index in [0.717, 1.165) is 38.5 Å². The lowest BCUT2D eigenvalue weighted by atomic mass is 10.0. The van der Waals surface area contributed by atoms with E-state index in [-0.39, 0.29) is 12.8 Å². The second kappa shape index (κ2) is 33.1. The molecule has 0 aromatic heterocycles. The first kappa shape index (κ1) is 50.8. The molecule has 0 amide bonds. The molecule has 4 unspecified atom stereocenters. The summed E-state index contributed by atoms with van der Waals surface area (Å²) in [6.07, 6.45) is 29.6. The van der Waals surface area contributed by atoms with Crippen LogP contribution in [0.5, 0.6) is 0 Å². The van der Waals surface area contributed by atoms with E-state index in [0.29, 0.717) is 23.9 Å². The molecule has 51 heavy (non-hydrogen) atoms. The number of hydrogen-bond donors (Lipinski definition) is 2. The van der Waals surface area contributed by atoms with Crippen molar-refractivity contribution in [3.05, 3.63) is 0 Å². The van der Waals surface area contributed by atoms with Crippen molar-refractivity contribution in [3.63, 3.8) is 0 Å². The van der Waals surface area contributed by atoms with Gasteiger partial charge in [-0.1, -0.05) is 168 Å². The second-order valence-electron chi connectivity index (χ2n) is 15.7. The highest BCUT2D eigenvalue weighted by atomic mass is 32.1. The van der Waals surface area contributed by atoms with Crippen LogP contribution < -0.4 is 4.89 Å². The number of carbonyl (C=O) groups excluding carboxylic acids is 2. The molecular weight excluding hydrogens is 702 g/mol. The zero-order valence-electron chi connectivity index (χ0n) is 33.6. The molecule has 0 aliphatic heterocycles. The minimum Gasteiger partial charge on any atom is -0.778 e. The summed E-state index contributed by atoms with van der Waals surface area (Å²) >= 11 is 8.94. The average Bonchev–Trinajstić information content (AvgIpc) is 3.08. The van der Waals surface area contributed by atoms with Crippen molar-refractivity contribution in [1.29, 1.82) is 0 Å². The minimum absolute atomic E-state index is 0.150. The summed E-state index contributed by atoms with van der Waals surface area (Å²) in [5.41, 5.74) is 0. The molecule has 304 valence electrons. The third-order valence-electron chi connectivity index (χ3n) is 9.40. The molecule has 0 heterocycles. The number of rotatable bonds is 37. The Morgan fingerprint density at radius 1 is 0.588 bits per heavy atom. The third-order valence-corrected chi connectivity index (χ3v) is 11.6. The van der Waals surface area contributed by atoms with E-state index in [2.05, 4.69) is 39.1 Å². The van der Waals surface area contributed by atoms with Crippen molar-refractivity contribution < 1.29 is 37.5 Å². The van der Waals surface area contributed by atoms with Crippen LogP contribution in [-0.2, 0) is 28.2 Å². The summed E-state index contributed by atoms with van der Waals surface area (Å²) in [6, 6.07) is 0. The van der Waals surface area contributed by atoms with Crippen LogP contribution in [0.3, 0.4) is 0 Å². The van der Waals surface area contributed by atoms with Gasteiger partial charge in [-0.25, -0.2) is 0 Å². The Bertz CT molecular complexity index is 889. The summed E-state index contributed by atoms with van der Waals surface area (Å²) in [5, 5.41) is -1.24. The lowest BCUT2D eigenvalue weighted by molar-refractivity contribution is -0.868. The quantitative estimate of drug-likeness (QED) is 0.0213. The van der Waals surface area contributed by atoms with Gasteiger partial charge in [0.15, 0.2) is 6.10 Å². The molecule has 8 nitrogen and oxygen atoms in total.